The summed E-state index contributed by atoms with van der Waals surface area (Å²) < 4.78 is 42.9. The molecule has 3 aromatic rings. The van der Waals surface area contributed by atoms with E-state index in [1.54, 1.807) is 6.92 Å². The Kier molecular flexibility index (Phi) is 3.41. The maximum absolute atomic E-state index is 14.1. The second kappa shape index (κ2) is 4.99. The molecule has 0 aliphatic rings. The lowest BCUT2D eigenvalue weighted by Crippen LogP contribution is -2.00. The molecular formula is C14H8BrF3N2S. The van der Waals surface area contributed by atoms with Gasteiger partial charge in [-0.05, 0) is 58.8 Å². The number of aromatic amines is 1. The summed E-state index contributed by atoms with van der Waals surface area (Å²) >= 11 is 8.07. The predicted octanol–water partition coefficient (Wildman–Crippen LogP) is 5.18. The van der Waals surface area contributed by atoms with Gasteiger partial charge in [0.05, 0.1) is 21.2 Å². The van der Waals surface area contributed by atoms with Crippen LogP contribution >= 0.6 is 28.1 Å². The lowest BCUT2D eigenvalue weighted by atomic mass is 10.2. The van der Waals surface area contributed by atoms with Crippen LogP contribution in [0.15, 0.2) is 28.7 Å². The first-order valence-corrected chi connectivity index (χ1v) is 7.14. The minimum Gasteiger partial charge on any atom is -0.330 e. The lowest BCUT2D eigenvalue weighted by Gasteiger charge is -2.08. The average Bonchev–Trinajstić information content (AvgIpc) is 2.70. The number of nitrogens with one attached hydrogen (secondary N) is 1. The highest BCUT2D eigenvalue weighted by Gasteiger charge is 2.15. The number of fused-ring (bicyclic) bond motifs is 1. The van der Waals surface area contributed by atoms with E-state index in [-0.39, 0.29) is 14.9 Å². The molecule has 2 nitrogen and oxygen atoms in total. The van der Waals surface area contributed by atoms with E-state index in [0.29, 0.717) is 16.6 Å². The summed E-state index contributed by atoms with van der Waals surface area (Å²) in [5.41, 5.74) is 1.27. The van der Waals surface area contributed by atoms with Crippen LogP contribution < -0.4 is 0 Å². The molecule has 0 spiro atoms. The van der Waals surface area contributed by atoms with Crippen LogP contribution in [0, 0.1) is 29.1 Å². The number of hydrogen-bond acceptors (Lipinski definition) is 1. The molecular weight excluding hydrogens is 365 g/mol. The summed E-state index contributed by atoms with van der Waals surface area (Å²) in [5, 5.41) is 0. The Morgan fingerprint density at radius 3 is 2.48 bits per heavy atom. The van der Waals surface area contributed by atoms with Gasteiger partial charge in [0.15, 0.2) is 4.77 Å². The zero-order chi connectivity index (χ0) is 15.3. The molecule has 1 heterocycles. The van der Waals surface area contributed by atoms with Crippen LogP contribution in [0.5, 0.6) is 0 Å². The molecule has 21 heavy (non-hydrogen) atoms. The largest absolute Gasteiger partial charge is 0.330 e. The SMILES string of the molecule is Cc1cc2c(cc1F)[nH]c(=S)n2-c1cc(F)c(Br)cc1F. The predicted molar refractivity (Wildman–Crippen MR) is 80.8 cm³/mol. The van der Waals surface area contributed by atoms with Crippen molar-refractivity contribution in [2.24, 2.45) is 0 Å². The van der Waals surface area contributed by atoms with Crippen molar-refractivity contribution in [2.45, 2.75) is 6.92 Å². The highest BCUT2D eigenvalue weighted by atomic mass is 79.9. The zero-order valence-electron chi connectivity index (χ0n) is 10.7. The van der Waals surface area contributed by atoms with Gasteiger partial charge in [-0.3, -0.25) is 4.57 Å². The molecule has 0 fully saturated rings. The highest BCUT2D eigenvalue weighted by Crippen LogP contribution is 2.27. The molecule has 1 aromatic heterocycles. The number of nitrogens with zero attached hydrogens (tertiary/aromatic N) is 1. The number of benzene rings is 2. The van der Waals surface area contributed by atoms with Gasteiger partial charge in [0.25, 0.3) is 0 Å². The first-order chi connectivity index (χ1) is 9.88. The number of imidazole rings is 1. The molecule has 0 saturated carbocycles. The Morgan fingerprint density at radius 2 is 1.76 bits per heavy atom. The molecule has 0 aliphatic carbocycles. The highest BCUT2D eigenvalue weighted by molar-refractivity contribution is 9.10. The van der Waals surface area contributed by atoms with Gasteiger partial charge in [-0.25, -0.2) is 13.2 Å². The molecule has 0 radical (unpaired) electrons. The van der Waals surface area contributed by atoms with Crippen LogP contribution in [0.3, 0.4) is 0 Å². The van der Waals surface area contributed by atoms with Gasteiger partial charge in [0.2, 0.25) is 0 Å². The van der Waals surface area contributed by atoms with Gasteiger partial charge in [-0.1, -0.05) is 0 Å². The van der Waals surface area contributed by atoms with Crippen molar-refractivity contribution in [3.05, 3.63) is 56.5 Å². The number of H-pyrrole nitrogens is 1. The Hall–Kier alpha value is -1.60. The lowest BCUT2D eigenvalue weighted by molar-refractivity contribution is 0.588. The maximum Gasteiger partial charge on any atom is 0.182 e. The molecule has 7 heteroatoms. The van der Waals surface area contributed by atoms with E-state index >= 15 is 0 Å². The van der Waals surface area contributed by atoms with Gasteiger partial charge in [0.1, 0.15) is 17.5 Å². The summed E-state index contributed by atoms with van der Waals surface area (Å²) in [6, 6.07) is 4.89. The molecule has 108 valence electrons. The summed E-state index contributed by atoms with van der Waals surface area (Å²) in [6.07, 6.45) is 0. The normalized spacial score (nSPS) is 11.3. The third kappa shape index (κ3) is 2.30. The Bertz CT molecular complexity index is 930. The molecule has 1 N–H and O–H groups in total. The van der Waals surface area contributed by atoms with Crippen molar-refractivity contribution in [1.29, 1.82) is 0 Å². The molecule has 0 amide bonds. The van der Waals surface area contributed by atoms with Crippen molar-refractivity contribution >= 4 is 39.2 Å². The fraction of sp³-hybridized carbons (Fsp3) is 0.0714. The van der Waals surface area contributed by atoms with E-state index < -0.39 is 17.5 Å². The Labute approximate surface area is 131 Å². The van der Waals surface area contributed by atoms with Crippen molar-refractivity contribution in [2.75, 3.05) is 0 Å². The van der Waals surface area contributed by atoms with Crippen LogP contribution in [0.2, 0.25) is 0 Å². The quantitative estimate of drug-likeness (QED) is 0.461. The van der Waals surface area contributed by atoms with E-state index in [4.69, 9.17) is 12.2 Å². The Morgan fingerprint density at radius 1 is 1.05 bits per heavy atom. The smallest absolute Gasteiger partial charge is 0.182 e. The molecule has 0 saturated heterocycles. The summed E-state index contributed by atoms with van der Waals surface area (Å²) in [5.74, 6) is -1.64. The first-order valence-electron chi connectivity index (χ1n) is 5.94. The number of hydrogen-bond donors (Lipinski definition) is 1. The fourth-order valence-electron chi connectivity index (χ4n) is 2.15. The number of aryl methyl sites for hydroxylation is 1. The van der Waals surface area contributed by atoms with Crippen molar-refractivity contribution in [1.82, 2.24) is 9.55 Å². The second-order valence-electron chi connectivity index (χ2n) is 4.60. The van der Waals surface area contributed by atoms with Gasteiger partial charge >= 0.3 is 0 Å². The molecule has 0 atom stereocenters. The summed E-state index contributed by atoms with van der Waals surface area (Å²) in [6.45, 7) is 1.59. The van der Waals surface area contributed by atoms with Crippen molar-refractivity contribution in [3.8, 4) is 5.69 Å². The molecule has 2 aromatic carbocycles. The third-order valence-corrected chi connectivity index (χ3v) is 4.09. The average molecular weight is 373 g/mol. The monoisotopic (exact) mass is 372 g/mol. The van der Waals surface area contributed by atoms with E-state index in [2.05, 4.69) is 20.9 Å². The fourth-order valence-corrected chi connectivity index (χ4v) is 2.78. The topological polar surface area (TPSA) is 20.7 Å². The summed E-state index contributed by atoms with van der Waals surface area (Å²) in [7, 11) is 0. The molecule has 0 unspecified atom stereocenters. The van der Waals surface area contributed by atoms with Crippen LogP contribution in [-0.4, -0.2) is 9.55 Å². The standard InChI is InChI=1S/C14H8BrF3N2S/c1-6-2-13-11(4-8(6)16)19-14(21)20(13)12-5-9(17)7(15)3-10(12)18/h2-5H,1H3,(H,19,21). The van der Waals surface area contributed by atoms with E-state index in [9.17, 15) is 13.2 Å². The second-order valence-corrected chi connectivity index (χ2v) is 5.84. The zero-order valence-corrected chi connectivity index (χ0v) is 13.1. The van der Waals surface area contributed by atoms with Gasteiger partial charge in [-0.2, -0.15) is 0 Å². The van der Waals surface area contributed by atoms with Crippen LogP contribution in [0.4, 0.5) is 13.2 Å². The van der Waals surface area contributed by atoms with Crippen LogP contribution in [0.1, 0.15) is 5.56 Å². The molecule has 0 bridgehead atoms. The van der Waals surface area contributed by atoms with E-state index in [0.717, 1.165) is 12.1 Å². The molecule has 0 aliphatic heterocycles. The maximum atomic E-state index is 14.1. The molecule has 3 rings (SSSR count). The van der Waals surface area contributed by atoms with Crippen LogP contribution in [0.25, 0.3) is 16.7 Å². The van der Waals surface area contributed by atoms with Gasteiger partial charge in [0, 0.05) is 6.07 Å². The van der Waals surface area contributed by atoms with E-state index in [1.165, 1.54) is 16.7 Å². The minimum atomic E-state index is -0.637. The third-order valence-electron chi connectivity index (χ3n) is 3.19. The summed E-state index contributed by atoms with van der Waals surface area (Å²) in [4.78, 5) is 2.79. The number of aromatic nitrogens is 2. The van der Waals surface area contributed by atoms with Crippen molar-refractivity contribution in [3.63, 3.8) is 0 Å². The van der Waals surface area contributed by atoms with Gasteiger partial charge in [-0.15, -0.1) is 0 Å². The Balaban J connectivity index is 2.40. The van der Waals surface area contributed by atoms with E-state index in [1.807, 2.05) is 0 Å². The van der Waals surface area contributed by atoms with Gasteiger partial charge < -0.3 is 4.98 Å². The minimum absolute atomic E-state index is 0.0253. The van der Waals surface area contributed by atoms with Crippen molar-refractivity contribution < 1.29 is 13.2 Å². The first kappa shape index (κ1) is 14.3. The van der Waals surface area contributed by atoms with Crippen LogP contribution in [-0.2, 0) is 0 Å². The number of rotatable bonds is 1. The number of halogens is 4.